The van der Waals surface area contributed by atoms with Crippen LogP contribution >= 0.6 is 11.6 Å². The van der Waals surface area contributed by atoms with Crippen LogP contribution < -0.4 is 9.80 Å². The summed E-state index contributed by atoms with van der Waals surface area (Å²) in [5.74, 6) is 1.82. The number of ether oxygens (including phenoxy) is 1. The Bertz CT molecular complexity index is 1790. The minimum absolute atomic E-state index is 0.133. The molecule has 0 aliphatic rings. The van der Waals surface area contributed by atoms with Gasteiger partial charge in [-0.1, -0.05) is 23.7 Å². The number of nitrogens with zero attached hydrogens (tertiary/aromatic N) is 3. The molecule has 212 valence electrons. The third-order valence-corrected chi connectivity index (χ3v) is 7.72. The van der Waals surface area contributed by atoms with Crippen molar-refractivity contribution in [1.82, 2.24) is 9.97 Å². The van der Waals surface area contributed by atoms with Crippen LogP contribution in [0.4, 0.5) is 15.9 Å². The van der Waals surface area contributed by atoms with Crippen LogP contribution in [0, 0.1) is 5.82 Å². The molecule has 1 N–H and O–H groups in total. The monoisotopic (exact) mass is 595 g/mol. The molecule has 0 atom stereocenters. The average molecular weight is 596 g/mol. The van der Waals surface area contributed by atoms with Gasteiger partial charge < -0.3 is 9.15 Å². The molecule has 2 heterocycles. The van der Waals surface area contributed by atoms with E-state index in [-0.39, 0.29) is 29.0 Å². The second-order valence-corrected chi connectivity index (χ2v) is 12.3. The highest BCUT2D eigenvalue weighted by atomic mass is 35.5. The van der Waals surface area contributed by atoms with Gasteiger partial charge in [0.2, 0.25) is 0 Å². The fraction of sp³-hybridized carbons (Fsp3) is 0.200. The van der Waals surface area contributed by atoms with Crippen LogP contribution in [0.2, 0.25) is 5.02 Å². The number of hydrogen-bond acceptors (Lipinski definition) is 8. The number of aryl methyl sites for hydroxylation is 1. The maximum absolute atomic E-state index is 13.5. The topological polar surface area (TPSA) is 106 Å². The third kappa shape index (κ3) is 7.21. The number of halogens is 2. The predicted octanol–water partition coefficient (Wildman–Crippen LogP) is 7.16. The lowest BCUT2D eigenvalue weighted by Crippen LogP contribution is -2.13. The van der Waals surface area contributed by atoms with Gasteiger partial charge in [0.1, 0.15) is 45.9 Å². The van der Waals surface area contributed by atoms with Crippen molar-refractivity contribution in [2.45, 2.75) is 25.9 Å². The zero-order valence-electron chi connectivity index (χ0n) is 22.1. The second kappa shape index (κ2) is 12.3. The smallest absolute Gasteiger partial charge is 0.168 e. The Morgan fingerprint density at radius 1 is 1.02 bits per heavy atom. The SMILES string of the molecule is CS(=O)(=O)CCCCc1ccc(-c2ccc3ncnc(N(O)c4ccc(OCc5cccc(F)c5)c(Cl)c4)c3c2)o1. The molecular formula is C30H27ClFN3O5S. The Morgan fingerprint density at radius 3 is 2.66 bits per heavy atom. The second-order valence-electron chi connectivity index (χ2n) is 9.63. The van der Waals surface area contributed by atoms with E-state index in [1.165, 1.54) is 24.7 Å². The lowest BCUT2D eigenvalue weighted by molar-refractivity contribution is 0.296. The van der Waals surface area contributed by atoms with E-state index in [9.17, 15) is 18.0 Å². The van der Waals surface area contributed by atoms with Gasteiger partial charge in [-0.25, -0.2) is 27.8 Å². The van der Waals surface area contributed by atoms with E-state index >= 15 is 0 Å². The van der Waals surface area contributed by atoms with Crippen LogP contribution in [0.15, 0.2) is 83.5 Å². The van der Waals surface area contributed by atoms with E-state index in [2.05, 4.69) is 9.97 Å². The number of furan rings is 1. The summed E-state index contributed by atoms with van der Waals surface area (Å²) in [6.07, 6.45) is 4.50. The van der Waals surface area contributed by atoms with Gasteiger partial charge in [-0.2, -0.15) is 0 Å². The molecule has 3 aromatic carbocycles. The Balaban J connectivity index is 1.33. The highest BCUT2D eigenvalue weighted by molar-refractivity contribution is 7.90. The molecule has 5 aromatic rings. The van der Waals surface area contributed by atoms with E-state index in [0.717, 1.165) is 16.4 Å². The number of fused-ring (bicyclic) bond motifs is 1. The Labute approximate surface area is 241 Å². The maximum Gasteiger partial charge on any atom is 0.168 e. The molecule has 41 heavy (non-hydrogen) atoms. The van der Waals surface area contributed by atoms with E-state index in [0.29, 0.717) is 52.9 Å². The minimum atomic E-state index is -2.98. The molecule has 2 aromatic heterocycles. The van der Waals surface area contributed by atoms with Gasteiger partial charge in [-0.15, -0.1) is 0 Å². The first kappa shape index (κ1) is 28.5. The van der Waals surface area contributed by atoms with Crippen LogP contribution in [0.25, 0.3) is 22.2 Å². The van der Waals surface area contributed by atoms with E-state index < -0.39 is 9.84 Å². The Kier molecular flexibility index (Phi) is 8.53. The molecule has 0 radical (unpaired) electrons. The first-order valence-electron chi connectivity index (χ1n) is 12.8. The minimum Gasteiger partial charge on any atom is -0.487 e. The zero-order chi connectivity index (χ0) is 29.0. The van der Waals surface area contributed by atoms with Gasteiger partial charge in [0.15, 0.2) is 5.82 Å². The van der Waals surface area contributed by atoms with Crippen LogP contribution in [0.1, 0.15) is 24.2 Å². The molecule has 0 amide bonds. The molecule has 5 rings (SSSR count). The van der Waals surface area contributed by atoms with Gasteiger partial charge in [-0.3, -0.25) is 5.21 Å². The van der Waals surface area contributed by atoms with Crippen molar-refractivity contribution in [3.8, 4) is 17.1 Å². The first-order valence-corrected chi connectivity index (χ1v) is 15.3. The summed E-state index contributed by atoms with van der Waals surface area (Å²) < 4.78 is 47.9. The van der Waals surface area contributed by atoms with Gasteiger partial charge in [0, 0.05) is 29.4 Å². The maximum atomic E-state index is 13.5. The standard InChI is InChI=1S/C30H27ClFN3O5S/c1-41(37,38)14-3-2-7-24-10-13-28(40-24)21-8-11-27-25(16-21)30(34-19-33-27)35(36)23-9-12-29(26(31)17-23)39-18-20-5-4-6-22(32)15-20/h4-6,8-13,15-17,19,36H,2-3,7,14,18H2,1H3. The highest BCUT2D eigenvalue weighted by Crippen LogP contribution is 2.35. The van der Waals surface area contributed by atoms with Gasteiger partial charge in [-0.05, 0) is 79.1 Å². The molecule has 0 aliphatic heterocycles. The number of benzene rings is 3. The number of unbranched alkanes of at least 4 members (excludes halogenated alkanes) is 1. The lowest BCUT2D eigenvalue weighted by atomic mass is 10.1. The van der Waals surface area contributed by atoms with Crippen molar-refractivity contribution in [3.05, 3.63) is 101 Å². The molecule has 8 nitrogen and oxygen atoms in total. The van der Waals surface area contributed by atoms with Crippen molar-refractivity contribution in [2.24, 2.45) is 0 Å². The summed E-state index contributed by atoms with van der Waals surface area (Å²) in [6.45, 7) is 0.133. The molecule has 0 saturated carbocycles. The molecule has 0 bridgehead atoms. The third-order valence-electron chi connectivity index (χ3n) is 6.39. The zero-order valence-corrected chi connectivity index (χ0v) is 23.7. The van der Waals surface area contributed by atoms with Gasteiger partial charge in [0.05, 0.1) is 16.2 Å². The van der Waals surface area contributed by atoms with Crippen molar-refractivity contribution in [3.63, 3.8) is 0 Å². The van der Waals surface area contributed by atoms with Crippen molar-refractivity contribution < 1.29 is 27.2 Å². The summed E-state index contributed by atoms with van der Waals surface area (Å²) in [5, 5.41) is 12.9. The Morgan fingerprint density at radius 2 is 1.88 bits per heavy atom. The van der Waals surface area contributed by atoms with Crippen molar-refractivity contribution in [1.29, 1.82) is 0 Å². The van der Waals surface area contributed by atoms with Crippen LogP contribution in [0.5, 0.6) is 5.75 Å². The fourth-order valence-corrected chi connectivity index (χ4v) is 5.30. The number of sulfone groups is 1. The largest absolute Gasteiger partial charge is 0.487 e. The highest BCUT2D eigenvalue weighted by Gasteiger charge is 2.16. The number of anilines is 2. The van der Waals surface area contributed by atoms with Gasteiger partial charge in [0.25, 0.3) is 0 Å². The van der Waals surface area contributed by atoms with E-state index in [4.69, 9.17) is 20.8 Å². The quantitative estimate of drug-likeness (QED) is 0.127. The predicted molar refractivity (Wildman–Crippen MR) is 156 cm³/mol. The van der Waals surface area contributed by atoms with E-state index in [1.54, 1.807) is 30.3 Å². The van der Waals surface area contributed by atoms with Crippen molar-refractivity contribution in [2.75, 3.05) is 17.1 Å². The van der Waals surface area contributed by atoms with Crippen LogP contribution in [-0.2, 0) is 22.9 Å². The number of rotatable bonds is 11. The summed E-state index contributed by atoms with van der Waals surface area (Å²) >= 11 is 6.44. The molecule has 0 unspecified atom stereocenters. The summed E-state index contributed by atoms with van der Waals surface area (Å²) in [7, 11) is -2.98. The molecule has 11 heteroatoms. The van der Waals surface area contributed by atoms with Crippen LogP contribution in [-0.4, -0.2) is 35.6 Å². The molecule has 0 aliphatic carbocycles. The number of aromatic nitrogens is 2. The molecule has 0 spiro atoms. The molecule has 0 saturated heterocycles. The van der Waals surface area contributed by atoms with E-state index in [1.807, 2.05) is 30.3 Å². The Hall–Kier alpha value is -3.99. The molecule has 0 fully saturated rings. The first-order chi connectivity index (χ1) is 19.7. The number of hydrogen-bond donors (Lipinski definition) is 1. The summed E-state index contributed by atoms with van der Waals surface area (Å²) in [6, 6.07) is 20.1. The fourth-order valence-electron chi connectivity index (χ4n) is 4.34. The normalized spacial score (nSPS) is 11.6. The summed E-state index contributed by atoms with van der Waals surface area (Å²) in [5.41, 5.74) is 2.40. The average Bonchev–Trinajstić information content (AvgIpc) is 3.42. The van der Waals surface area contributed by atoms with Crippen molar-refractivity contribution >= 4 is 43.8 Å². The molecular weight excluding hydrogens is 569 g/mol. The van der Waals surface area contributed by atoms with Crippen LogP contribution in [0.3, 0.4) is 0 Å². The lowest BCUT2D eigenvalue weighted by Gasteiger charge is -2.19. The van der Waals surface area contributed by atoms with Gasteiger partial charge >= 0.3 is 0 Å². The summed E-state index contributed by atoms with van der Waals surface area (Å²) in [4.78, 5) is 8.62.